The summed E-state index contributed by atoms with van der Waals surface area (Å²) >= 11 is 0. The Morgan fingerprint density at radius 3 is 2.67 bits per heavy atom. The molecule has 2 fully saturated rings. The molecule has 3 rings (SSSR count). The molecule has 0 bridgehead atoms. The van der Waals surface area contributed by atoms with E-state index >= 15 is 0 Å². The van der Waals surface area contributed by atoms with Gasteiger partial charge in [0.15, 0.2) is 5.96 Å². The van der Waals surface area contributed by atoms with Gasteiger partial charge in [0.1, 0.15) is 0 Å². The van der Waals surface area contributed by atoms with E-state index in [9.17, 15) is 0 Å². The van der Waals surface area contributed by atoms with Crippen LogP contribution in [0.15, 0.2) is 35.3 Å². The monoisotopic (exact) mass is 529 g/mol. The number of nitrogens with zero attached hydrogens (tertiary/aromatic N) is 4. The lowest BCUT2D eigenvalue weighted by Gasteiger charge is -2.29. The fraction of sp³-hybridized carbons (Fsp3) is 0.696. The summed E-state index contributed by atoms with van der Waals surface area (Å²) in [6.45, 7) is 11.6. The van der Waals surface area contributed by atoms with Crippen molar-refractivity contribution in [3.8, 4) is 0 Å². The van der Waals surface area contributed by atoms with E-state index in [-0.39, 0.29) is 24.0 Å². The third kappa shape index (κ3) is 7.98. The van der Waals surface area contributed by atoms with Gasteiger partial charge in [-0.1, -0.05) is 30.3 Å². The van der Waals surface area contributed by atoms with Crippen molar-refractivity contribution in [1.29, 1.82) is 0 Å². The number of likely N-dealkylation sites (tertiary alicyclic amines) is 1. The average molecular weight is 530 g/mol. The van der Waals surface area contributed by atoms with Crippen molar-refractivity contribution in [2.75, 3.05) is 66.6 Å². The highest BCUT2D eigenvalue weighted by Gasteiger charge is 2.27. The Kier molecular flexibility index (Phi) is 11.4. The molecule has 0 amide bonds. The number of ether oxygens (including phenoxy) is 1. The average Bonchev–Trinajstić information content (AvgIpc) is 3.20. The Bertz CT molecular complexity index is 623. The fourth-order valence-electron chi connectivity index (χ4n) is 4.30. The van der Waals surface area contributed by atoms with Crippen molar-refractivity contribution in [2.45, 2.75) is 32.4 Å². The van der Waals surface area contributed by atoms with E-state index in [0.717, 1.165) is 70.8 Å². The molecule has 0 radical (unpaired) electrons. The first-order valence-electron chi connectivity index (χ1n) is 11.2. The molecule has 0 aromatic heterocycles. The second-order valence-corrected chi connectivity index (χ2v) is 8.53. The van der Waals surface area contributed by atoms with Gasteiger partial charge in [0, 0.05) is 58.9 Å². The molecule has 2 aliphatic rings. The van der Waals surface area contributed by atoms with E-state index in [4.69, 9.17) is 4.74 Å². The third-order valence-electron chi connectivity index (χ3n) is 6.29. The van der Waals surface area contributed by atoms with Crippen LogP contribution >= 0.6 is 24.0 Å². The Morgan fingerprint density at radius 2 is 1.97 bits per heavy atom. The van der Waals surface area contributed by atoms with Crippen LogP contribution in [0.2, 0.25) is 0 Å². The smallest absolute Gasteiger partial charge is 0.193 e. The summed E-state index contributed by atoms with van der Waals surface area (Å²) in [5, 5.41) is 3.60. The minimum absolute atomic E-state index is 0. The maximum Gasteiger partial charge on any atom is 0.193 e. The van der Waals surface area contributed by atoms with Crippen LogP contribution in [0.5, 0.6) is 0 Å². The minimum atomic E-state index is 0. The second kappa shape index (κ2) is 13.5. The Morgan fingerprint density at radius 1 is 1.23 bits per heavy atom. The van der Waals surface area contributed by atoms with Gasteiger partial charge in [-0.2, -0.15) is 0 Å². The van der Waals surface area contributed by atoms with Crippen LogP contribution in [-0.4, -0.2) is 93.3 Å². The predicted molar refractivity (Wildman–Crippen MR) is 136 cm³/mol. The lowest BCUT2D eigenvalue weighted by molar-refractivity contribution is 0.0315. The molecule has 2 unspecified atom stereocenters. The van der Waals surface area contributed by atoms with Crippen LogP contribution < -0.4 is 5.32 Å². The van der Waals surface area contributed by atoms with Crippen molar-refractivity contribution in [2.24, 2.45) is 10.9 Å². The van der Waals surface area contributed by atoms with Crippen molar-refractivity contribution < 1.29 is 4.74 Å². The van der Waals surface area contributed by atoms with Gasteiger partial charge in [0.2, 0.25) is 0 Å². The van der Waals surface area contributed by atoms with Crippen LogP contribution in [-0.2, 0) is 11.3 Å². The van der Waals surface area contributed by atoms with E-state index < -0.39 is 0 Å². The molecule has 170 valence electrons. The number of nitrogens with one attached hydrogen (secondary N) is 1. The quantitative estimate of drug-likeness (QED) is 0.319. The molecule has 30 heavy (non-hydrogen) atoms. The van der Waals surface area contributed by atoms with Crippen molar-refractivity contribution in [3.63, 3.8) is 0 Å². The summed E-state index contributed by atoms with van der Waals surface area (Å²) in [5.74, 6) is 1.80. The Hall–Kier alpha value is -0.900. The number of halogens is 1. The Labute approximate surface area is 200 Å². The van der Waals surface area contributed by atoms with Crippen LogP contribution in [0.1, 0.15) is 25.3 Å². The first-order chi connectivity index (χ1) is 14.2. The van der Waals surface area contributed by atoms with Crippen molar-refractivity contribution in [1.82, 2.24) is 20.0 Å². The summed E-state index contributed by atoms with van der Waals surface area (Å²) in [6.07, 6.45) is 2.36. The number of rotatable bonds is 8. The van der Waals surface area contributed by atoms with Gasteiger partial charge in [-0.25, -0.2) is 0 Å². The van der Waals surface area contributed by atoms with Crippen LogP contribution in [0.25, 0.3) is 0 Å². The largest absolute Gasteiger partial charge is 0.379 e. The number of guanidine groups is 1. The second-order valence-electron chi connectivity index (χ2n) is 8.53. The number of benzene rings is 1. The molecule has 7 heteroatoms. The van der Waals surface area contributed by atoms with E-state index in [1.807, 2.05) is 7.05 Å². The summed E-state index contributed by atoms with van der Waals surface area (Å²) < 4.78 is 5.47. The van der Waals surface area contributed by atoms with Gasteiger partial charge in [-0.15, -0.1) is 24.0 Å². The van der Waals surface area contributed by atoms with E-state index in [1.54, 1.807) is 0 Å². The first kappa shape index (κ1) is 25.4. The molecule has 6 nitrogen and oxygen atoms in total. The molecule has 1 aromatic carbocycles. The first-order valence-corrected chi connectivity index (χ1v) is 11.2. The van der Waals surface area contributed by atoms with E-state index in [1.165, 1.54) is 18.5 Å². The highest BCUT2D eigenvalue weighted by molar-refractivity contribution is 14.0. The maximum absolute atomic E-state index is 5.47. The molecular weight excluding hydrogens is 489 g/mol. The standard InChI is InChI=1S/C23H39N5O.HI/c1-20(26(3)17-21-7-5-4-6-8-21)9-11-25-23(24-2)28-12-10-22(19-28)18-27-13-15-29-16-14-27;/h4-8,20,22H,9-19H2,1-3H3,(H,24,25);1H. The summed E-state index contributed by atoms with van der Waals surface area (Å²) in [5.41, 5.74) is 1.37. The molecular formula is C23H40IN5O. The molecule has 1 N–H and O–H groups in total. The van der Waals surface area contributed by atoms with Crippen LogP contribution in [0, 0.1) is 5.92 Å². The minimum Gasteiger partial charge on any atom is -0.379 e. The van der Waals surface area contributed by atoms with Gasteiger partial charge in [-0.05, 0) is 38.3 Å². The predicted octanol–water partition coefficient (Wildman–Crippen LogP) is 2.74. The lowest BCUT2D eigenvalue weighted by Crippen LogP contribution is -2.43. The summed E-state index contributed by atoms with van der Waals surface area (Å²) in [7, 11) is 4.12. The number of hydrogen-bond donors (Lipinski definition) is 1. The van der Waals surface area contributed by atoms with Crippen LogP contribution in [0.4, 0.5) is 0 Å². The molecule has 2 aliphatic heterocycles. The number of aliphatic imine (C=N–C) groups is 1. The molecule has 2 saturated heterocycles. The third-order valence-corrected chi connectivity index (χ3v) is 6.29. The van der Waals surface area contributed by atoms with Crippen LogP contribution in [0.3, 0.4) is 0 Å². The highest BCUT2D eigenvalue weighted by Crippen LogP contribution is 2.18. The zero-order chi connectivity index (χ0) is 20.5. The van der Waals surface area contributed by atoms with Gasteiger partial charge in [0.25, 0.3) is 0 Å². The van der Waals surface area contributed by atoms with E-state index in [0.29, 0.717) is 6.04 Å². The van der Waals surface area contributed by atoms with Gasteiger partial charge in [0.05, 0.1) is 13.2 Å². The molecule has 2 atom stereocenters. The zero-order valence-electron chi connectivity index (χ0n) is 18.9. The van der Waals surface area contributed by atoms with Crippen molar-refractivity contribution >= 4 is 29.9 Å². The topological polar surface area (TPSA) is 43.3 Å². The SMILES string of the molecule is CN=C(NCCC(C)N(C)Cc1ccccc1)N1CCC(CN2CCOCC2)C1.I. The Balaban J connectivity index is 0.00000320. The van der Waals surface area contributed by atoms with Gasteiger partial charge in [-0.3, -0.25) is 14.8 Å². The zero-order valence-corrected chi connectivity index (χ0v) is 21.3. The molecule has 1 aromatic rings. The summed E-state index contributed by atoms with van der Waals surface area (Å²) in [4.78, 5) is 12.0. The molecule has 2 heterocycles. The summed E-state index contributed by atoms with van der Waals surface area (Å²) in [6, 6.07) is 11.2. The maximum atomic E-state index is 5.47. The fourth-order valence-corrected chi connectivity index (χ4v) is 4.30. The normalized spacial score (nSPS) is 21.5. The molecule has 0 saturated carbocycles. The van der Waals surface area contributed by atoms with Gasteiger partial charge >= 0.3 is 0 Å². The lowest BCUT2D eigenvalue weighted by atomic mass is 10.1. The number of hydrogen-bond acceptors (Lipinski definition) is 4. The highest BCUT2D eigenvalue weighted by atomic mass is 127. The van der Waals surface area contributed by atoms with E-state index in [2.05, 4.69) is 69.3 Å². The van der Waals surface area contributed by atoms with Gasteiger partial charge < -0.3 is 15.0 Å². The molecule has 0 spiro atoms. The number of morpholine rings is 1. The molecule has 0 aliphatic carbocycles. The van der Waals surface area contributed by atoms with Crippen molar-refractivity contribution in [3.05, 3.63) is 35.9 Å².